The normalized spacial score (nSPS) is 26.3. The Balaban J connectivity index is 1.66. The van der Waals surface area contributed by atoms with Gasteiger partial charge in [-0.3, -0.25) is 4.79 Å². The van der Waals surface area contributed by atoms with Crippen molar-refractivity contribution in [3.63, 3.8) is 0 Å². The number of fused-ring (bicyclic) bond motifs is 1. The second-order valence-corrected chi connectivity index (χ2v) is 5.53. The van der Waals surface area contributed by atoms with Gasteiger partial charge in [-0.1, -0.05) is 24.3 Å². The van der Waals surface area contributed by atoms with Crippen LogP contribution >= 0.6 is 0 Å². The van der Waals surface area contributed by atoms with E-state index in [4.69, 9.17) is 5.11 Å². The summed E-state index contributed by atoms with van der Waals surface area (Å²) in [5.74, 6) is 0.449. The van der Waals surface area contributed by atoms with E-state index in [0.29, 0.717) is 6.54 Å². The lowest BCUT2D eigenvalue weighted by Crippen LogP contribution is -2.48. The van der Waals surface area contributed by atoms with Gasteiger partial charge in [0.25, 0.3) is 0 Å². The number of nitrogens with zero attached hydrogens (tertiary/aromatic N) is 1. The summed E-state index contributed by atoms with van der Waals surface area (Å²) in [7, 11) is 0. The zero-order valence-electron chi connectivity index (χ0n) is 11.0. The molecule has 0 saturated carbocycles. The number of hydrogen-bond donors (Lipinski definition) is 2. The number of hydrogen-bond acceptors (Lipinski definition) is 3. The number of benzene rings is 1. The molecule has 1 aromatic rings. The average Bonchev–Trinajstić information content (AvgIpc) is 2.95. The number of aliphatic hydroxyl groups is 1. The molecule has 0 aliphatic carbocycles. The minimum Gasteiger partial charge on any atom is -0.396 e. The maximum atomic E-state index is 12.5. The van der Waals surface area contributed by atoms with Crippen LogP contribution in [0.4, 0.5) is 0 Å². The number of carbonyl (C=O) groups is 1. The number of rotatable bonds is 2. The molecule has 4 heteroatoms. The summed E-state index contributed by atoms with van der Waals surface area (Å²) >= 11 is 0. The van der Waals surface area contributed by atoms with Crippen molar-refractivity contribution in [3.05, 3.63) is 35.4 Å². The van der Waals surface area contributed by atoms with Gasteiger partial charge in [-0.2, -0.15) is 0 Å². The van der Waals surface area contributed by atoms with Crippen molar-refractivity contribution >= 4 is 5.91 Å². The molecule has 1 fully saturated rings. The second kappa shape index (κ2) is 5.31. The third kappa shape index (κ3) is 2.51. The molecule has 2 N–H and O–H groups in total. The molecule has 0 spiro atoms. The van der Waals surface area contributed by atoms with E-state index >= 15 is 0 Å². The van der Waals surface area contributed by atoms with Gasteiger partial charge < -0.3 is 15.3 Å². The highest BCUT2D eigenvalue weighted by Gasteiger charge is 2.32. The second-order valence-electron chi connectivity index (χ2n) is 5.53. The summed E-state index contributed by atoms with van der Waals surface area (Å²) in [6.45, 7) is 2.44. The molecule has 2 heterocycles. The van der Waals surface area contributed by atoms with Crippen LogP contribution in [0.1, 0.15) is 17.5 Å². The van der Waals surface area contributed by atoms with E-state index in [0.717, 1.165) is 25.9 Å². The lowest BCUT2D eigenvalue weighted by molar-refractivity contribution is -0.132. The fraction of sp³-hybridized carbons (Fsp3) is 0.533. The molecule has 1 amide bonds. The third-order valence-corrected chi connectivity index (χ3v) is 4.24. The summed E-state index contributed by atoms with van der Waals surface area (Å²) in [6, 6.07) is 8.18. The number of nitrogens with one attached hydrogen (secondary N) is 1. The van der Waals surface area contributed by atoms with Crippen LogP contribution in [0.5, 0.6) is 0 Å². The van der Waals surface area contributed by atoms with E-state index in [1.807, 2.05) is 17.0 Å². The zero-order valence-corrected chi connectivity index (χ0v) is 11.0. The van der Waals surface area contributed by atoms with E-state index in [9.17, 15) is 4.79 Å². The predicted molar refractivity (Wildman–Crippen MR) is 72.5 cm³/mol. The van der Waals surface area contributed by atoms with Gasteiger partial charge in [0.2, 0.25) is 5.91 Å². The number of likely N-dealkylation sites (tertiary alicyclic amines) is 1. The van der Waals surface area contributed by atoms with Crippen LogP contribution in [-0.4, -0.2) is 41.7 Å². The first kappa shape index (κ1) is 12.6. The number of amides is 1. The standard InChI is InChI=1S/C15H20N2O2/c18-10-11-5-6-17(9-11)15(19)14-7-12-3-1-2-4-13(12)8-16-14/h1-4,11,14,16,18H,5-10H2/t11?,14-/m1/s1. The topological polar surface area (TPSA) is 52.6 Å². The molecular weight excluding hydrogens is 240 g/mol. The summed E-state index contributed by atoms with van der Waals surface area (Å²) < 4.78 is 0. The average molecular weight is 260 g/mol. The van der Waals surface area contributed by atoms with Crippen molar-refractivity contribution in [2.45, 2.75) is 25.4 Å². The minimum absolute atomic E-state index is 0.104. The monoisotopic (exact) mass is 260 g/mol. The van der Waals surface area contributed by atoms with Crippen molar-refractivity contribution in [3.8, 4) is 0 Å². The molecule has 2 aliphatic heterocycles. The zero-order chi connectivity index (χ0) is 13.2. The molecule has 0 bridgehead atoms. The maximum absolute atomic E-state index is 12.5. The van der Waals surface area contributed by atoms with Crippen LogP contribution in [-0.2, 0) is 17.8 Å². The SMILES string of the molecule is O=C([C@H]1Cc2ccccc2CN1)N1CCC(CO)C1. The Morgan fingerprint density at radius 2 is 2.16 bits per heavy atom. The van der Waals surface area contributed by atoms with Gasteiger partial charge >= 0.3 is 0 Å². The molecule has 2 atom stereocenters. The summed E-state index contributed by atoms with van der Waals surface area (Å²) in [5.41, 5.74) is 2.57. The summed E-state index contributed by atoms with van der Waals surface area (Å²) in [5, 5.41) is 12.5. The van der Waals surface area contributed by atoms with Crippen molar-refractivity contribution in [2.75, 3.05) is 19.7 Å². The molecule has 3 rings (SSSR count). The Hall–Kier alpha value is -1.39. The summed E-state index contributed by atoms with van der Waals surface area (Å²) in [4.78, 5) is 14.3. The molecule has 1 aromatic carbocycles. The molecular formula is C15H20N2O2. The van der Waals surface area contributed by atoms with Crippen molar-refractivity contribution in [1.82, 2.24) is 10.2 Å². The molecule has 0 aromatic heterocycles. The molecule has 2 aliphatic rings. The number of aliphatic hydroxyl groups excluding tert-OH is 1. The quantitative estimate of drug-likeness (QED) is 0.816. The third-order valence-electron chi connectivity index (χ3n) is 4.24. The lowest BCUT2D eigenvalue weighted by atomic mass is 9.95. The van der Waals surface area contributed by atoms with Crippen molar-refractivity contribution < 1.29 is 9.90 Å². The van der Waals surface area contributed by atoms with E-state index < -0.39 is 0 Å². The van der Waals surface area contributed by atoms with Crippen LogP contribution in [0.3, 0.4) is 0 Å². The van der Waals surface area contributed by atoms with Gasteiger partial charge in [-0.25, -0.2) is 0 Å². The molecule has 1 unspecified atom stereocenters. The van der Waals surface area contributed by atoms with Crippen molar-refractivity contribution in [2.24, 2.45) is 5.92 Å². The minimum atomic E-state index is -0.104. The fourth-order valence-electron chi connectivity index (χ4n) is 3.03. The van der Waals surface area contributed by atoms with Crippen molar-refractivity contribution in [1.29, 1.82) is 0 Å². The molecule has 4 nitrogen and oxygen atoms in total. The number of carbonyl (C=O) groups excluding carboxylic acids is 1. The highest BCUT2D eigenvalue weighted by atomic mass is 16.3. The van der Waals surface area contributed by atoms with Gasteiger partial charge in [-0.05, 0) is 24.0 Å². The van der Waals surface area contributed by atoms with Crippen LogP contribution in [0.2, 0.25) is 0 Å². The van der Waals surface area contributed by atoms with E-state index in [1.54, 1.807) is 0 Å². The molecule has 1 saturated heterocycles. The van der Waals surface area contributed by atoms with Gasteiger partial charge in [0.05, 0.1) is 6.04 Å². The first-order valence-corrected chi connectivity index (χ1v) is 6.97. The van der Waals surface area contributed by atoms with Gasteiger partial charge in [0, 0.05) is 32.2 Å². The van der Waals surface area contributed by atoms with Crippen LogP contribution in [0.25, 0.3) is 0 Å². The Morgan fingerprint density at radius 1 is 1.37 bits per heavy atom. The van der Waals surface area contributed by atoms with E-state index in [-0.39, 0.29) is 24.5 Å². The highest BCUT2D eigenvalue weighted by molar-refractivity contribution is 5.82. The van der Waals surface area contributed by atoms with Gasteiger partial charge in [0.1, 0.15) is 0 Å². The first-order chi connectivity index (χ1) is 9.28. The fourth-order valence-corrected chi connectivity index (χ4v) is 3.03. The van der Waals surface area contributed by atoms with Crippen LogP contribution < -0.4 is 5.32 Å². The maximum Gasteiger partial charge on any atom is 0.240 e. The van der Waals surface area contributed by atoms with Gasteiger partial charge in [0.15, 0.2) is 0 Å². The first-order valence-electron chi connectivity index (χ1n) is 6.97. The summed E-state index contributed by atoms with van der Waals surface area (Å²) in [6.07, 6.45) is 1.70. The highest BCUT2D eigenvalue weighted by Crippen LogP contribution is 2.21. The lowest BCUT2D eigenvalue weighted by Gasteiger charge is -2.29. The van der Waals surface area contributed by atoms with E-state index in [1.165, 1.54) is 11.1 Å². The molecule has 0 radical (unpaired) electrons. The van der Waals surface area contributed by atoms with Crippen LogP contribution in [0, 0.1) is 5.92 Å². The van der Waals surface area contributed by atoms with Crippen LogP contribution in [0.15, 0.2) is 24.3 Å². The Labute approximate surface area is 113 Å². The smallest absolute Gasteiger partial charge is 0.240 e. The predicted octanol–water partition coefficient (Wildman–Crippen LogP) is 0.542. The molecule has 102 valence electrons. The largest absolute Gasteiger partial charge is 0.396 e. The van der Waals surface area contributed by atoms with E-state index in [2.05, 4.69) is 17.4 Å². The van der Waals surface area contributed by atoms with Gasteiger partial charge in [-0.15, -0.1) is 0 Å². The Morgan fingerprint density at radius 3 is 2.89 bits per heavy atom. The Kier molecular flexibility index (Phi) is 3.53. The molecule has 19 heavy (non-hydrogen) atoms. The Bertz CT molecular complexity index is 475.